The van der Waals surface area contributed by atoms with Gasteiger partial charge in [-0.2, -0.15) is 0 Å². The fraction of sp³-hybridized carbons (Fsp3) is 0.348. The number of esters is 1. The van der Waals surface area contributed by atoms with E-state index in [-0.39, 0.29) is 50.7 Å². The van der Waals surface area contributed by atoms with Gasteiger partial charge in [-0.3, -0.25) is 9.59 Å². The van der Waals surface area contributed by atoms with Gasteiger partial charge in [-0.25, -0.2) is 4.79 Å². The molecule has 1 aliphatic carbocycles. The Hall–Kier alpha value is -2.35. The number of carbonyl (C=O) groups is 3. The normalized spacial score (nSPS) is 18.4. The number of benzene rings is 1. The minimum atomic E-state index is -0.592. The van der Waals surface area contributed by atoms with E-state index in [0.29, 0.717) is 16.1 Å². The summed E-state index contributed by atoms with van der Waals surface area (Å²) in [5.74, 6) is -1.72. The third-order valence-corrected chi connectivity index (χ3v) is 7.06. The molecule has 0 spiro atoms. The summed E-state index contributed by atoms with van der Waals surface area (Å²) in [7, 11) is 0. The maximum Gasteiger partial charge on any atom is 0.341 e. The van der Waals surface area contributed by atoms with Crippen LogP contribution in [-0.2, 0) is 9.53 Å². The van der Waals surface area contributed by atoms with E-state index in [1.807, 2.05) is 32.0 Å². The Bertz CT molecular complexity index is 1080. The van der Waals surface area contributed by atoms with E-state index < -0.39 is 5.97 Å². The number of anilines is 2. The number of hydrogen-bond donors (Lipinski definition) is 2. The highest BCUT2D eigenvalue weighted by molar-refractivity contribution is 7.19. The van der Waals surface area contributed by atoms with E-state index in [1.165, 1.54) is 0 Å². The molecule has 9 heteroatoms. The SMILES string of the molecule is CCOC(=O)c1c(NC(=O)C2C(C=C(Cl)Cl)C2(C)C)sc(C(=O)Nc2ccccc2)c1C. The molecule has 2 N–H and O–H groups in total. The molecule has 6 nitrogen and oxygen atoms in total. The van der Waals surface area contributed by atoms with Crippen molar-refractivity contribution >= 4 is 63.0 Å². The molecule has 1 fully saturated rings. The molecule has 32 heavy (non-hydrogen) atoms. The third kappa shape index (κ3) is 5.00. The second-order valence-electron chi connectivity index (χ2n) is 8.07. The Kier molecular flexibility index (Phi) is 7.32. The van der Waals surface area contributed by atoms with Crippen LogP contribution in [0.4, 0.5) is 10.7 Å². The Balaban J connectivity index is 1.90. The zero-order chi connectivity index (χ0) is 23.6. The van der Waals surface area contributed by atoms with Crippen LogP contribution in [0.25, 0.3) is 0 Å². The summed E-state index contributed by atoms with van der Waals surface area (Å²) in [6.07, 6.45) is 1.65. The van der Waals surface area contributed by atoms with E-state index in [9.17, 15) is 14.4 Å². The third-order valence-electron chi connectivity index (χ3n) is 5.60. The maximum absolute atomic E-state index is 13.0. The van der Waals surface area contributed by atoms with Crippen LogP contribution in [0.1, 0.15) is 46.4 Å². The molecule has 2 aromatic rings. The van der Waals surface area contributed by atoms with Gasteiger partial charge in [-0.15, -0.1) is 11.3 Å². The zero-order valence-electron chi connectivity index (χ0n) is 18.1. The van der Waals surface area contributed by atoms with E-state index in [0.717, 1.165) is 11.3 Å². The lowest BCUT2D eigenvalue weighted by Gasteiger charge is -2.08. The first kappa shape index (κ1) is 24.3. The fourth-order valence-corrected chi connectivity index (χ4v) is 5.16. The van der Waals surface area contributed by atoms with E-state index in [1.54, 1.807) is 32.1 Å². The van der Waals surface area contributed by atoms with Crippen molar-refractivity contribution < 1.29 is 19.1 Å². The molecule has 2 atom stereocenters. The Morgan fingerprint density at radius 2 is 1.81 bits per heavy atom. The molecular formula is C23H24Cl2N2O4S. The van der Waals surface area contributed by atoms with Crippen LogP contribution < -0.4 is 10.6 Å². The van der Waals surface area contributed by atoms with Gasteiger partial charge in [0.05, 0.1) is 23.0 Å². The number of carbonyl (C=O) groups excluding carboxylic acids is 3. The Morgan fingerprint density at radius 1 is 1.16 bits per heavy atom. The molecule has 2 unspecified atom stereocenters. The van der Waals surface area contributed by atoms with Gasteiger partial charge in [-0.1, -0.05) is 55.2 Å². The molecule has 0 bridgehead atoms. The molecule has 1 saturated carbocycles. The second-order valence-corrected chi connectivity index (χ2v) is 10.1. The van der Waals surface area contributed by atoms with Crippen molar-refractivity contribution in [3.05, 3.63) is 56.9 Å². The van der Waals surface area contributed by atoms with Crippen molar-refractivity contribution in [3.8, 4) is 0 Å². The highest BCUT2D eigenvalue weighted by Gasteiger charge is 2.60. The van der Waals surface area contributed by atoms with Crippen LogP contribution in [0.2, 0.25) is 0 Å². The summed E-state index contributed by atoms with van der Waals surface area (Å²) < 4.78 is 5.28. The molecule has 3 rings (SSSR count). The molecule has 1 aromatic carbocycles. The van der Waals surface area contributed by atoms with Crippen molar-refractivity contribution in [3.63, 3.8) is 0 Å². The summed E-state index contributed by atoms with van der Waals surface area (Å²) in [6, 6.07) is 8.99. The monoisotopic (exact) mass is 494 g/mol. The molecule has 0 aliphatic heterocycles. The summed E-state index contributed by atoms with van der Waals surface area (Å²) in [6.45, 7) is 7.42. The lowest BCUT2D eigenvalue weighted by Crippen LogP contribution is -2.18. The highest BCUT2D eigenvalue weighted by Crippen LogP contribution is 2.60. The number of rotatable bonds is 7. The molecule has 0 radical (unpaired) electrons. The van der Waals surface area contributed by atoms with Gasteiger partial charge in [0.2, 0.25) is 5.91 Å². The first-order valence-electron chi connectivity index (χ1n) is 10.1. The Labute approximate surface area is 200 Å². The fourth-order valence-electron chi connectivity index (χ4n) is 3.79. The van der Waals surface area contributed by atoms with Crippen LogP contribution >= 0.6 is 34.5 Å². The number of amides is 2. The first-order valence-corrected chi connectivity index (χ1v) is 11.7. The minimum absolute atomic E-state index is 0.109. The minimum Gasteiger partial charge on any atom is -0.462 e. The summed E-state index contributed by atoms with van der Waals surface area (Å²) in [4.78, 5) is 38.9. The predicted octanol–water partition coefficient (Wildman–Crippen LogP) is 6.02. The lowest BCUT2D eigenvalue weighted by atomic mass is 10.1. The van der Waals surface area contributed by atoms with E-state index >= 15 is 0 Å². The number of halogens is 2. The predicted molar refractivity (Wildman–Crippen MR) is 129 cm³/mol. The van der Waals surface area contributed by atoms with Crippen molar-refractivity contribution in [2.75, 3.05) is 17.2 Å². The average molecular weight is 495 g/mol. The van der Waals surface area contributed by atoms with Crippen LogP contribution in [0.3, 0.4) is 0 Å². The van der Waals surface area contributed by atoms with Gasteiger partial charge >= 0.3 is 5.97 Å². The van der Waals surface area contributed by atoms with E-state index in [2.05, 4.69) is 10.6 Å². The standard InChI is InChI=1S/C23H24Cl2N2O4S/c1-5-31-22(30)16-12(2)18(20(29)26-13-9-7-6-8-10-13)32-21(16)27-19(28)17-14(11-15(24)25)23(17,3)4/h6-11,14,17H,5H2,1-4H3,(H,26,29)(H,27,28). The summed E-state index contributed by atoms with van der Waals surface area (Å²) in [5.41, 5.74) is 0.931. The van der Waals surface area contributed by atoms with Crippen LogP contribution in [0.15, 0.2) is 40.9 Å². The largest absolute Gasteiger partial charge is 0.462 e. The molecule has 1 heterocycles. The molecule has 170 valence electrons. The van der Waals surface area contributed by atoms with Gasteiger partial charge < -0.3 is 15.4 Å². The maximum atomic E-state index is 13.0. The molecule has 2 amide bonds. The molecule has 1 aliphatic rings. The number of hydrogen-bond acceptors (Lipinski definition) is 5. The van der Waals surface area contributed by atoms with Crippen LogP contribution in [0.5, 0.6) is 0 Å². The van der Waals surface area contributed by atoms with Gasteiger partial charge in [0.15, 0.2) is 0 Å². The molecular weight excluding hydrogens is 471 g/mol. The highest BCUT2D eigenvalue weighted by atomic mass is 35.5. The summed E-state index contributed by atoms with van der Waals surface area (Å²) >= 11 is 12.6. The number of para-hydroxylation sites is 1. The topological polar surface area (TPSA) is 84.5 Å². The average Bonchev–Trinajstić information content (AvgIpc) is 3.08. The number of nitrogens with one attached hydrogen (secondary N) is 2. The number of thiophene rings is 1. The zero-order valence-corrected chi connectivity index (χ0v) is 20.5. The lowest BCUT2D eigenvalue weighted by molar-refractivity contribution is -0.118. The van der Waals surface area contributed by atoms with Gasteiger partial charge in [0.1, 0.15) is 9.49 Å². The first-order chi connectivity index (χ1) is 15.1. The van der Waals surface area contributed by atoms with Gasteiger partial charge in [-0.05, 0) is 49.0 Å². The number of allylic oxidation sites excluding steroid dienone is 1. The van der Waals surface area contributed by atoms with Gasteiger partial charge in [0.25, 0.3) is 5.91 Å². The van der Waals surface area contributed by atoms with E-state index in [4.69, 9.17) is 27.9 Å². The van der Waals surface area contributed by atoms with Crippen molar-refractivity contribution in [1.82, 2.24) is 0 Å². The van der Waals surface area contributed by atoms with Gasteiger partial charge in [0, 0.05) is 5.69 Å². The number of ether oxygens (including phenoxy) is 1. The quantitative estimate of drug-likeness (QED) is 0.461. The Morgan fingerprint density at radius 3 is 2.41 bits per heavy atom. The summed E-state index contributed by atoms with van der Waals surface area (Å²) in [5, 5.41) is 5.93. The van der Waals surface area contributed by atoms with Crippen molar-refractivity contribution in [2.24, 2.45) is 17.3 Å². The molecule has 1 aromatic heterocycles. The van der Waals surface area contributed by atoms with Crippen molar-refractivity contribution in [2.45, 2.75) is 27.7 Å². The molecule has 0 saturated heterocycles. The van der Waals surface area contributed by atoms with Crippen molar-refractivity contribution in [1.29, 1.82) is 0 Å². The van der Waals surface area contributed by atoms with Crippen LogP contribution in [0, 0.1) is 24.2 Å². The van der Waals surface area contributed by atoms with Crippen LogP contribution in [-0.4, -0.2) is 24.4 Å². The smallest absolute Gasteiger partial charge is 0.341 e. The second kappa shape index (κ2) is 9.65.